The van der Waals surface area contributed by atoms with E-state index in [0.29, 0.717) is 24.5 Å². The van der Waals surface area contributed by atoms with Gasteiger partial charge in [0.25, 0.3) is 5.91 Å². The summed E-state index contributed by atoms with van der Waals surface area (Å²) in [7, 11) is -2.36. The van der Waals surface area contributed by atoms with Crippen LogP contribution in [0.25, 0.3) is 0 Å². The summed E-state index contributed by atoms with van der Waals surface area (Å²) in [6.45, 7) is 2.31. The fourth-order valence-electron chi connectivity index (χ4n) is 3.17. The van der Waals surface area contributed by atoms with E-state index in [9.17, 15) is 18.0 Å². The maximum Gasteiger partial charge on any atom is 0.255 e. The molecule has 1 fully saturated rings. The second-order valence-electron chi connectivity index (χ2n) is 6.69. The topological polar surface area (TPSA) is 105 Å². The lowest BCUT2D eigenvalue weighted by atomic mass is 10.2. The van der Waals surface area contributed by atoms with Gasteiger partial charge in [-0.05, 0) is 49.2 Å². The predicted molar refractivity (Wildman–Crippen MR) is 110 cm³/mol. The fraction of sp³-hybridized carbons (Fsp3) is 0.300. The third-order valence-electron chi connectivity index (χ3n) is 4.55. The van der Waals surface area contributed by atoms with Crippen molar-refractivity contribution in [1.29, 1.82) is 0 Å². The van der Waals surface area contributed by atoms with E-state index in [4.69, 9.17) is 4.74 Å². The molecule has 9 heteroatoms. The third kappa shape index (κ3) is 4.75. The minimum absolute atomic E-state index is 0.0263. The molecule has 1 saturated heterocycles. The lowest BCUT2D eigenvalue weighted by Crippen LogP contribution is -2.28. The van der Waals surface area contributed by atoms with Gasteiger partial charge in [-0.15, -0.1) is 0 Å². The molecule has 1 heterocycles. The molecule has 1 aliphatic rings. The molecule has 0 bridgehead atoms. The first kappa shape index (κ1) is 20.8. The van der Waals surface area contributed by atoms with E-state index in [1.165, 1.54) is 36.5 Å². The lowest BCUT2D eigenvalue weighted by molar-refractivity contribution is -0.114. The van der Waals surface area contributed by atoms with Crippen molar-refractivity contribution in [3.05, 3.63) is 48.0 Å². The average Bonchev–Trinajstić information content (AvgIpc) is 3.23. The van der Waals surface area contributed by atoms with Crippen molar-refractivity contribution in [3.8, 4) is 5.75 Å². The molecule has 2 amide bonds. The molecule has 0 aromatic heterocycles. The number of hydrogen-bond acceptors (Lipinski definition) is 5. The average molecular weight is 417 g/mol. The number of anilines is 2. The molecule has 0 spiro atoms. The van der Waals surface area contributed by atoms with Crippen molar-refractivity contribution < 1.29 is 22.7 Å². The molecule has 0 aliphatic carbocycles. The molecule has 2 aromatic rings. The SMILES string of the molecule is COc1ccc(C(=O)Nc2cccc(NC(C)=O)c2)cc1S(=O)(=O)N1CCCC1. The molecular formula is C20H23N3O5S. The Kier molecular flexibility index (Phi) is 6.19. The molecule has 29 heavy (non-hydrogen) atoms. The van der Waals surface area contributed by atoms with E-state index < -0.39 is 15.9 Å². The Labute approximate surface area is 169 Å². The number of benzene rings is 2. The number of ether oxygens (including phenoxy) is 1. The minimum Gasteiger partial charge on any atom is -0.495 e. The fourth-order valence-corrected chi connectivity index (χ4v) is 4.87. The molecule has 0 atom stereocenters. The summed E-state index contributed by atoms with van der Waals surface area (Å²) >= 11 is 0. The number of amides is 2. The molecular weight excluding hydrogens is 394 g/mol. The number of nitrogens with one attached hydrogen (secondary N) is 2. The summed E-state index contributed by atoms with van der Waals surface area (Å²) in [6.07, 6.45) is 1.62. The summed E-state index contributed by atoms with van der Waals surface area (Å²) in [4.78, 5) is 23.9. The number of sulfonamides is 1. The maximum atomic E-state index is 13.0. The first-order valence-electron chi connectivity index (χ1n) is 9.18. The van der Waals surface area contributed by atoms with Crippen LogP contribution in [-0.4, -0.2) is 44.7 Å². The Morgan fingerprint density at radius 3 is 2.28 bits per heavy atom. The van der Waals surface area contributed by atoms with Crippen LogP contribution in [0.1, 0.15) is 30.1 Å². The van der Waals surface area contributed by atoms with E-state index in [2.05, 4.69) is 10.6 Å². The molecule has 2 N–H and O–H groups in total. The Hall–Kier alpha value is -2.91. The van der Waals surface area contributed by atoms with Gasteiger partial charge in [-0.1, -0.05) is 6.07 Å². The molecule has 1 aliphatic heterocycles. The van der Waals surface area contributed by atoms with Gasteiger partial charge < -0.3 is 15.4 Å². The minimum atomic E-state index is -3.75. The highest BCUT2D eigenvalue weighted by Gasteiger charge is 2.30. The Bertz CT molecular complexity index is 1030. The van der Waals surface area contributed by atoms with Crippen LogP contribution in [0.5, 0.6) is 5.75 Å². The lowest BCUT2D eigenvalue weighted by Gasteiger charge is -2.18. The van der Waals surface area contributed by atoms with E-state index in [-0.39, 0.29) is 22.1 Å². The number of carbonyl (C=O) groups excluding carboxylic acids is 2. The van der Waals surface area contributed by atoms with Gasteiger partial charge in [-0.2, -0.15) is 4.31 Å². The van der Waals surface area contributed by atoms with Crippen molar-refractivity contribution in [2.24, 2.45) is 0 Å². The number of methoxy groups -OCH3 is 1. The molecule has 0 saturated carbocycles. The Morgan fingerprint density at radius 2 is 1.66 bits per heavy atom. The highest BCUT2D eigenvalue weighted by atomic mass is 32.2. The monoisotopic (exact) mass is 417 g/mol. The van der Waals surface area contributed by atoms with Crippen molar-refractivity contribution >= 4 is 33.2 Å². The number of nitrogens with zero attached hydrogens (tertiary/aromatic N) is 1. The number of carbonyl (C=O) groups is 2. The molecule has 0 radical (unpaired) electrons. The quantitative estimate of drug-likeness (QED) is 0.752. The van der Waals surface area contributed by atoms with Crippen LogP contribution in [0.15, 0.2) is 47.4 Å². The van der Waals surface area contributed by atoms with Gasteiger partial charge in [0.2, 0.25) is 15.9 Å². The van der Waals surface area contributed by atoms with Gasteiger partial charge >= 0.3 is 0 Å². The van der Waals surface area contributed by atoms with Gasteiger partial charge in [-0.25, -0.2) is 8.42 Å². The van der Waals surface area contributed by atoms with Gasteiger partial charge in [0.05, 0.1) is 7.11 Å². The number of hydrogen-bond donors (Lipinski definition) is 2. The maximum absolute atomic E-state index is 13.0. The van der Waals surface area contributed by atoms with Gasteiger partial charge in [-0.3, -0.25) is 9.59 Å². The van der Waals surface area contributed by atoms with E-state index in [1.54, 1.807) is 24.3 Å². The van der Waals surface area contributed by atoms with Crippen LogP contribution < -0.4 is 15.4 Å². The molecule has 2 aromatic carbocycles. The van der Waals surface area contributed by atoms with Gasteiger partial charge in [0, 0.05) is 37.0 Å². The second-order valence-corrected chi connectivity index (χ2v) is 8.60. The normalized spacial score (nSPS) is 14.4. The summed E-state index contributed by atoms with van der Waals surface area (Å²) in [6, 6.07) is 11.0. The molecule has 8 nitrogen and oxygen atoms in total. The summed E-state index contributed by atoms with van der Waals surface area (Å²) in [5.41, 5.74) is 1.21. The Balaban J connectivity index is 1.87. The zero-order valence-corrected chi connectivity index (χ0v) is 17.1. The van der Waals surface area contributed by atoms with E-state index in [0.717, 1.165) is 12.8 Å². The molecule has 0 unspecified atom stereocenters. The van der Waals surface area contributed by atoms with E-state index >= 15 is 0 Å². The summed E-state index contributed by atoms with van der Waals surface area (Å²) in [5.74, 6) is -0.494. The largest absolute Gasteiger partial charge is 0.495 e. The smallest absolute Gasteiger partial charge is 0.255 e. The zero-order chi connectivity index (χ0) is 21.0. The second kappa shape index (κ2) is 8.62. The van der Waals surface area contributed by atoms with Crippen LogP contribution >= 0.6 is 0 Å². The summed E-state index contributed by atoms with van der Waals surface area (Å²) < 4.78 is 32.6. The first-order chi connectivity index (χ1) is 13.8. The highest BCUT2D eigenvalue weighted by Crippen LogP contribution is 2.30. The van der Waals surface area contributed by atoms with Crippen LogP contribution in [0.3, 0.4) is 0 Å². The van der Waals surface area contributed by atoms with Crippen molar-refractivity contribution in [1.82, 2.24) is 4.31 Å². The van der Waals surface area contributed by atoms with Crippen molar-refractivity contribution in [3.63, 3.8) is 0 Å². The van der Waals surface area contributed by atoms with Crippen molar-refractivity contribution in [2.45, 2.75) is 24.7 Å². The summed E-state index contributed by atoms with van der Waals surface area (Å²) in [5, 5.41) is 5.36. The molecule has 154 valence electrons. The van der Waals surface area contributed by atoms with Crippen molar-refractivity contribution in [2.75, 3.05) is 30.8 Å². The highest BCUT2D eigenvalue weighted by molar-refractivity contribution is 7.89. The zero-order valence-electron chi connectivity index (χ0n) is 16.3. The van der Waals surface area contributed by atoms with Crippen LogP contribution in [0, 0.1) is 0 Å². The predicted octanol–water partition coefficient (Wildman–Crippen LogP) is 2.69. The molecule has 3 rings (SSSR count). The standard InChI is InChI=1S/C20H23N3O5S/c1-14(24)21-16-6-5-7-17(13-16)22-20(25)15-8-9-18(28-2)19(12-15)29(26,27)23-10-3-4-11-23/h5-9,12-13H,3-4,10-11H2,1-2H3,(H,21,24)(H,22,25). The van der Waals surface area contributed by atoms with E-state index in [1.807, 2.05) is 0 Å². The van der Waals surface area contributed by atoms with Crippen LogP contribution in [-0.2, 0) is 14.8 Å². The van der Waals surface area contributed by atoms with Crippen LogP contribution in [0.4, 0.5) is 11.4 Å². The van der Waals surface area contributed by atoms with Crippen LogP contribution in [0.2, 0.25) is 0 Å². The third-order valence-corrected chi connectivity index (χ3v) is 6.47. The van der Waals surface area contributed by atoms with Gasteiger partial charge in [0.15, 0.2) is 0 Å². The Morgan fingerprint density at radius 1 is 1.00 bits per heavy atom. The van der Waals surface area contributed by atoms with Gasteiger partial charge in [0.1, 0.15) is 10.6 Å². The number of rotatable bonds is 6. The first-order valence-corrected chi connectivity index (χ1v) is 10.6.